The molecule has 0 aromatic rings. The number of likely N-dealkylation sites (tertiary alicyclic amines) is 1. The highest BCUT2D eigenvalue weighted by Crippen LogP contribution is 2.17. The Kier molecular flexibility index (Phi) is 9.92. The molecular formula is C13H19F3N4O4S. The molecule has 0 radical (unpaired) electrons. The van der Waals surface area contributed by atoms with Gasteiger partial charge in [-0.05, 0) is 12.8 Å². The topological polar surface area (TPSA) is 137 Å². The molecule has 0 aromatic heterocycles. The monoisotopic (exact) mass is 384 g/mol. The standard InChI is InChI=1S/C11H18N4O2S.C2HF3O2/c1-8(16)14-7-18-6-10(13)11(17)15-4-2-3-9(15)5-12;3-2(4,5)1(6)7/h9-10H,2-4,6-7,13H2,1H3,(H,14,16);(H,6,7)/t9-,10-;/m0./s1. The van der Waals surface area contributed by atoms with E-state index in [0.29, 0.717) is 18.2 Å². The van der Waals surface area contributed by atoms with Gasteiger partial charge in [-0.25, -0.2) is 4.79 Å². The van der Waals surface area contributed by atoms with E-state index in [1.165, 1.54) is 18.7 Å². The molecule has 0 spiro atoms. The lowest BCUT2D eigenvalue weighted by atomic mass is 10.2. The van der Waals surface area contributed by atoms with Crippen LogP contribution in [-0.2, 0) is 14.4 Å². The van der Waals surface area contributed by atoms with Crippen LogP contribution in [0.3, 0.4) is 0 Å². The van der Waals surface area contributed by atoms with Crippen molar-refractivity contribution in [2.45, 2.75) is 38.0 Å². The lowest BCUT2D eigenvalue weighted by Crippen LogP contribution is -2.47. The number of carbonyl (C=O) groups excluding carboxylic acids is 2. The van der Waals surface area contributed by atoms with Crippen LogP contribution in [0.4, 0.5) is 13.2 Å². The second-order valence-corrected chi connectivity index (χ2v) is 6.01. The van der Waals surface area contributed by atoms with E-state index in [0.717, 1.165) is 12.8 Å². The van der Waals surface area contributed by atoms with Crippen molar-refractivity contribution >= 4 is 29.5 Å². The van der Waals surface area contributed by atoms with E-state index in [4.69, 9.17) is 20.9 Å². The van der Waals surface area contributed by atoms with Gasteiger partial charge in [0.1, 0.15) is 6.04 Å². The van der Waals surface area contributed by atoms with Gasteiger partial charge in [0, 0.05) is 19.2 Å². The zero-order valence-corrected chi connectivity index (χ0v) is 14.2. The SMILES string of the molecule is CC(=O)NCSC[C@H](N)C(=O)N1CCC[C@H]1C#N.O=C(O)C(F)(F)F. The number of nitrogens with zero attached hydrogens (tertiary/aromatic N) is 2. The van der Waals surface area contributed by atoms with Gasteiger partial charge in [-0.2, -0.15) is 18.4 Å². The molecule has 142 valence electrons. The molecule has 1 rings (SSSR count). The normalized spacial score (nSPS) is 17.8. The van der Waals surface area contributed by atoms with Crippen molar-refractivity contribution < 1.29 is 32.7 Å². The lowest BCUT2D eigenvalue weighted by Gasteiger charge is -2.23. The Balaban J connectivity index is 0.000000697. The minimum absolute atomic E-state index is 0.105. The number of hydrogen-bond donors (Lipinski definition) is 3. The van der Waals surface area contributed by atoms with Gasteiger partial charge in [-0.3, -0.25) is 9.59 Å². The van der Waals surface area contributed by atoms with Crippen molar-refractivity contribution in [3.8, 4) is 6.07 Å². The Labute approximate surface area is 146 Å². The Morgan fingerprint density at radius 2 is 2.04 bits per heavy atom. The fourth-order valence-corrected chi connectivity index (χ4v) is 2.61. The number of thioether (sulfide) groups is 1. The van der Waals surface area contributed by atoms with Gasteiger partial charge >= 0.3 is 12.1 Å². The summed E-state index contributed by atoms with van der Waals surface area (Å²) in [6.07, 6.45) is -3.50. The zero-order chi connectivity index (χ0) is 19.6. The van der Waals surface area contributed by atoms with Crippen LogP contribution in [0.2, 0.25) is 0 Å². The molecule has 8 nitrogen and oxygen atoms in total. The van der Waals surface area contributed by atoms with Crippen LogP contribution in [0.5, 0.6) is 0 Å². The van der Waals surface area contributed by atoms with Gasteiger partial charge in [0.2, 0.25) is 11.8 Å². The van der Waals surface area contributed by atoms with Gasteiger partial charge < -0.3 is 21.1 Å². The summed E-state index contributed by atoms with van der Waals surface area (Å²) in [7, 11) is 0. The Bertz CT molecular complexity index is 524. The van der Waals surface area contributed by atoms with Crippen LogP contribution in [0.1, 0.15) is 19.8 Å². The molecule has 25 heavy (non-hydrogen) atoms. The first kappa shape index (κ1) is 23.0. The Hall–Kier alpha value is -2.00. The van der Waals surface area contributed by atoms with Crippen LogP contribution in [0, 0.1) is 11.3 Å². The third-order valence-electron chi connectivity index (χ3n) is 2.97. The number of carboxylic acid groups (broad SMARTS) is 1. The maximum Gasteiger partial charge on any atom is 0.490 e. The van der Waals surface area contributed by atoms with E-state index in [-0.39, 0.29) is 17.9 Å². The van der Waals surface area contributed by atoms with Crippen molar-refractivity contribution in [2.24, 2.45) is 5.73 Å². The second kappa shape index (κ2) is 10.8. The molecule has 0 bridgehead atoms. The number of alkyl halides is 3. The molecule has 1 aliphatic heterocycles. The molecule has 1 saturated heterocycles. The molecule has 1 aliphatic rings. The van der Waals surface area contributed by atoms with Gasteiger partial charge in [-0.15, -0.1) is 11.8 Å². The second-order valence-electron chi connectivity index (χ2n) is 4.98. The molecule has 12 heteroatoms. The summed E-state index contributed by atoms with van der Waals surface area (Å²) in [6, 6.07) is 1.17. The lowest BCUT2D eigenvalue weighted by molar-refractivity contribution is -0.192. The summed E-state index contributed by atoms with van der Waals surface area (Å²) in [5.74, 6) is -2.15. The summed E-state index contributed by atoms with van der Waals surface area (Å²) in [6.45, 7) is 2.05. The largest absolute Gasteiger partial charge is 0.490 e. The Morgan fingerprint density at radius 1 is 1.48 bits per heavy atom. The third kappa shape index (κ3) is 9.16. The number of amides is 2. The van der Waals surface area contributed by atoms with Crippen molar-refractivity contribution in [1.29, 1.82) is 5.26 Å². The van der Waals surface area contributed by atoms with Crippen LogP contribution in [0.15, 0.2) is 0 Å². The van der Waals surface area contributed by atoms with Crippen LogP contribution in [0.25, 0.3) is 0 Å². The first-order valence-electron chi connectivity index (χ1n) is 7.08. The summed E-state index contributed by atoms with van der Waals surface area (Å²) >= 11 is 1.40. The van der Waals surface area contributed by atoms with E-state index in [1.807, 2.05) is 0 Å². The summed E-state index contributed by atoms with van der Waals surface area (Å²) in [4.78, 5) is 33.1. The summed E-state index contributed by atoms with van der Waals surface area (Å²) in [5.41, 5.74) is 5.80. The summed E-state index contributed by atoms with van der Waals surface area (Å²) in [5, 5.41) is 18.7. The number of hydrogen-bond acceptors (Lipinski definition) is 6. The maximum absolute atomic E-state index is 12.0. The molecule has 0 aromatic carbocycles. The molecule has 0 saturated carbocycles. The first-order valence-corrected chi connectivity index (χ1v) is 8.24. The fraction of sp³-hybridized carbons (Fsp3) is 0.692. The van der Waals surface area contributed by atoms with E-state index < -0.39 is 18.2 Å². The highest BCUT2D eigenvalue weighted by atomic mass is 32.2. The van der Waals surface area contributed by atoms with Gasteiger partial charge in [-0.1, -0.05) is 0 Å². The smallest absolute Gasteiger partial charge is 0.475 e. The van der Waals surface area contributed by atoms with Crippen molar-refractivity contribution in [3.05, 3.63) is 0 Å². The number of aliphatic carboxylic acids is 1. The van der Waals surface area contributed by atoms with Gasteiger partial charge in [0.15, 0.2) is 0 Å². The third-order valence-corrected chi connectivity index (χ3v) is 3.91. The zero-order valence-electron chi connectivity index (χ0n) is 13.4. The summed E-state index contributed by atoms with van der Waals surface area (Å²) < 4.78 is 31.7. The number of nitrogens with one attached hydrogen (secondary N) is 1. The van der Waals surface area contributed by atoms with Crippen LogP contribution in [-0.4, -0.2) is 64.2 Å². The van der Waals surface area contributed by atoms with Crippen molar-refractivity contribution in [2.75, 3.05) is 18.2 Å². The fourth-order valence-electron chi connectivity index (χ4n) is 1.79. The average molecular weight is 384 g/mol. The first-order chi connectivity index (χ1) is 11.5. The number of rotatable bonds is 5. The molecule has 1 heterocycles. The Morgan fingerprint density at radius 3 is 2.48 bits per heavy atom. The minimum atomic E-state index is -5.08. The molecule has 1 fully saturated rings. The van der Waals surface area contributed by atoms with E-state index in [2.05, 4.69) is 11.4 Å². The van der Waals surface area contributed by atoms with Crippen LogP contribution >= 0.6 is 11.8 Å². The van der Waals surface area contributed by atoms with Crippen LogP contribution < -0.4 is 11.1 Å². The molecule has 0 aliphatic carbocycles. The number of carbonyl (C=O) groups is 3. The van der Waals surface area contributed by atoms with E-state index in [1.54, 1.807) is 4.90 Å². The molecular weight excluding hydrogens is 365 g/mol. The van der Waals surface area contributed by atoms with Crippen molar-refractivity contribution in [1.82, 2.24) is 10.2 Å². The maximum atomic E-state index is 12.0. The van der Waals surface area contributed by atoms with E-state index in [9.17, 15) is 22.8 Å². The van der Waals surface area contributed by atoms with E-state index >= 15 is 0 Å². The van der Waals surface area contributed by atoms with Gasteiger partial charge in [0.25, 0.3) is 0 Å². The molecule has 2 amide bonds. The number of halogens is 3. The number of nitrogens with two attached hydrogens (primary N) is 1. The number of nitriles is 1. The molecule has 4 N–H and O–H groups in total. The van der Waals surface area contributed by atoms with Crippen molar-refractivity contribution in [3.63, 3.8) is 0 Å². The predicted octanol–water partition coefficient (Wildman–Crippen LogP) is 0.288. The minimum Gasteiger partial charge on any atom is -0.475 e. The number of carboxylic acids is 1. The predicted molar refractivity (Wildman–Crippen MR) is 83.2 cm³/mol. The highest BCUT2D eigenvalue weighted by Gasteiger charge is 2.38. The molecule has 2 atom stereocenters. The molecule has 0 unspecified atom stereocenters. The average Bonchev–Trinajstić information content (AvgIpc) is 2.98. The highest BCUT2D eigenvalue weighted by molar-refractivity contribution is 7.99. The quantitative estimate of drug-likeness (QED) is 0.458. The van der Waals surface area contributed by atoms with Gasteiger partial charge in [0.05, 0.1) is 18.0 Å².